The highest BCUT2D eigenvalue weighted by atomic mass is 19.4. The summed E-state index contributed by atoms with van der Waals surface area (Å²) in [5.74, 6) is 0.835. The maximum atomic E-state index is 12.5. The van der Waals surface area contributed by atoms with E-state index in [4.69, 9.17) is 4.52 Å². The van der Waals surface area contributed by atoms with Crippen LogP contribution in [0.4, 0.5) is 18.9 Å². The number of hydrogen-bond acceptors (Lipinski definition) is 4. The van der Waals surface area contributed by atoms with Gasteiger partial charge in [0, 0.05) is 11.3 Å². The number of benzene rings is 2. The SMILES string of the molecule is CCc1ccc(-c2noc(CNc3ccc(C(F)(F)F)cc3)n2)cc1. The lowest BCUT2D eigenvalue weighted by molar-refractivity contribution is -0.137. The molecule has 3 rings (SSSR count). The summed E-state index contributed by atoms with van der Waals surface area (Å²) in [6.07, 6.45) is -3.39. The van der Waals surface area contributed by atoms with Crippen LogP contribution in [-0.2, 0) is 19.1 Å². The van der Waals surface area contributed by atoms with Gasteiger partial charge in [-0.25, -0.2) is 0 Å². The van der Waals surface area contributed by atoms with Crippen LogP contribution in [0.2, 0.25) is 0 Å². The van der Waals surface area contributed by atoms with Crippen molar-refractivity contribution in [2.45, 2.75) is 26.1 Å². The van der Waals surface area contributed by atoms with E-state index in [2.05, 4.69) is 22.4 Å². The predicted octanol–water partition coefficient (Wildman–Crippen LogP) is 4.93. The van der Waals surface area contributed by atoms with Crippen molar-refractivity contribution in [2.75, 3.05) is 5.32 Å². The number of aryl methyl sites for hydroxylation is 1. The molecule has 4 nitrogen and oxygen atoms in total. The van der Waals surface area contributed by atoms with E-state index in [-0.39, 0.29) is 6.54 Å². The zero-order valence-electron chi connectivity index (χ0n) is 13.5. The molecule has 25 heavy (non-hydrogen) atoms. The van der Waals surface area contributed by atoms with Crippen molar-refractivity contribution in [3.63, 3.8) is 0 Å². The molecule has 0 spiro atoms. The molecular formula is C18H16F3N3O. The van der Waals surface area contributed by atoms with Crippen LogP contribution in [0.1, 0.15) is 23.9 Å². The Hall–Kier alpha value is -2.83. The van der Waals surface area contributed by atoms with Crippen LogP contribution in [0.5, 0.6) is 0 Å². The monoisotopic (exact) mass is 347 g/mol. The van der Waals surface area contributed by atoms with E-state index in [1.54, 1.807) is 0 Å². The first-order valence-corrected chi connectivity index (χ1v) is 7.78. The van der Waals surface area contributed by atoms with Gasteiger partial charge in [-0.15, -0.1) is 0 Å². The van der Waals surface area contributed by atoms with Crippen LogP contribution in [0.3, 0.4) is 0 Å². The quantitative estimate of drug-likeness (QED) is 0.711. The minimum Gasteiger partial charge on any atom is -0.376 e. The Morgan fingerprint density at radius 3 is 2.28 bits per heavy atom. The van der Waals surface area contributed by atoms with Crippen LogP contribution in [0.25, 0.3) is 11.4 Å². The van der Waals surface area contributed by atoms with Crippen molar-refractivity contribution in [1.29, 1.82) is 0 Å². The van der Waals surface area contributed by atoms with Gasteiger partial charge in [-0.2, -0.15) is 18.2 Å². The van der Waals surface area contributed by atoms with Crippen molar-refractivity contribution >= 4 is 5.69 Å². The van der Waals surface area contributed by atoms with Gasteiger partial charge >= 0.3 is 6.18 Å². The summed E-state index contributed by atoms with van der Waals surface area (Å²) in [6.45, 7) is 2.31. The fraction of sp³-hybridized carbons (Fsp3) is 0.222. The van der Waals surface area contributed by atoms with Crippen molar-refractivity contribution in [3.8, 4) is 11.4 Å². The first-order chi connectivity index (χ1) is 12.0. The molecule has 0 aliphatic rings. The highest BCUT2D eigenvalue weighted by molar-refractivity contribution is 5.54. The first kappa shape index (κ1) is 17.0. The Balaban J connectivity index is 1.63. The van der Waals surface area contributed by atoms with E-state index >= 15 is 0 Å². The number of nitrogens with one attached hydrogen (secondary N) is 1. The summed E-state index contributed by atoms with van der Waals surface area (Å²) in [5.41, 5.74) is 1.92. The average Bonchev–Trinajstić information content (AvgIpc) is 3.09. The molecule has 0 amide bonds. The summed E-state index contributed by atoms with van der Waals surface area (Å²) in [7, 11) is 0. The van der Waals surface area contributed by atoms with Crippen LogP contribution in [-0.4, -0.2) is 10.1 Å². The molecule has 0 saturated heterocycles. The lowest BCUT2D eigenvalue weighted by Gasteiger charge is -2.08. The number of halogens is 3. The predicted molar refractivity (Wildman–Crippen MR) is 87.9 cm³/mol. The molecule has 7 heteroatoms. The highest BCUT2D eigenvalue weighted by Gasteiger charge is 2.29. The molecular weight excluding hydrogens is 331 g/mol. The molecule has 0 aliphatic heterocycles. The molecule has 0 fully saturated rings. The van der Waals surface area contributed by atoms with Gasteiger partial charge in [0.25, 0.3) is 0 Å². The molecule has 0 bridgehead atoms. The summed E-state index contributed by atoms with van der Waals surface area (Å²) in [6, 6.07) is 12.6. The summed E-state index contributed by atoms with van der Waals surface area (Å²) in [5, 5.41) is 6.88. The van der Waals surface area contributed by atoms with E-state index in [1.807, 2.05) is 24.3 Å². The lowest BCUT2D eigenvalue weighted by atomic mass is 10.1. The third-order valence-electron chi connectivity index (χ3n) is 3.74. The van der Waals surface area contributed by atoms with E-state index in [0.29, 0.717) is 17.4 Å². The minimum absolute atomic E-state index is 0.228. The van der Waals surface area contributed by atoms with Crippen LogP contribution < -0.4 is 5.32 Å². The van der Waals surface area contributed by atoms with Gasteiger partial charge in [0.05, 0.1) is 12.1 Å². The van der Waals surface area contributed by atoms with Gasteiger partial charge in [-0.05, 0) is 36.2 Å². The number of nitrogens with zero attached hydrogens (tertiary/aromatic N) is 2. The molecule has 0 unspecified atom stereocenters. The Labute approximate surface area is 142 Å². The molecule has 0 saturated carbocycles. The van der Waals surface area contributed by atoms with Gasteiger partial charge in [-0.1, -0.05) is 36.3 Å². The number of anilines is 1. The average molecular weight is 347 g/mol. The second kappa shape index (κ2) is 6.96. The van der Waals surface area contributed by atoms with Gasteiger partial charge < -0.3 is 9.84 Å². The normalized spacial score (nSPS) is 11.5. The minimum atomic E-state index is -4.34. The lowest BCUT2D eigenvalue weighted by Crippen LogP contribution is -2.05. The van der Waals surface area contributed by atoms with Gasteiger partial charge in [0.2, 0.25) is 11.7 Å². The molecule has 0 radical (unpaired) electrons. The first-order valence-electron chi connectivity index (χ1n) is 7.78. The molecule has 0 aliphatic carbocycles. The smallest absolute Gasteiger partial charge is 0.376 e. The number of hydrogen-bond donors (Lipinski definition) is 1. The topological polar surface area (TPSA) is 51.0 Å². The van der Waals surface area contributed by atoms with E-state index in [1.165, 1.54) is 17.7 Å². The van der Waals surface area contributed by atoms with Crippen LogP contribution >= 0.6 is 0 Å². The zero-order chi connectivity index (χ0) is 17.9. The number of alkyl halides is 3. The molecule has 1 heterocycles. The van der Waals surface area contributed by atoms with Crippen molar-refractivity contribution < 1.29 is 17.7 Å². The van der Waals surface area contributed by atoms with E-state index in [9.17, 15) is 13.2 Å². The van der Waals surface area contributed by atoms with E-state index < -0.39 is 11.7 Å². The van der Waals surface area contributed by atoms with Gasteiger partial charge in [0.1, 0.15) is 0 Å². The van der Waals surface area contributed by atoms with Crippen LogP contribution in [0, 0.1) is 0 Å². The van der Waals surface area contributed by atoms with Gasteiger partial charge in [-0.3, -0.25) is 0 Å². The molecule has 1 N–H and O–H groups in total. The maximum absolute atomic E-state index is 12.5. The van der Waals surface area contributed by atoms with Crippen molar-refractivity contribution in [2.24, 2.45) is 0 Å². The Morgan fingerprint density at radius 1 is 1.00 bits per heavy atom. The fourth-order valence-electron chi connectivity index (χ4n) is 2.29. The highest BCUT2D eigenvalue weighted by Crippen LogP contribution is 2.29. The third-order valence-corrected chi connectivity index (χ3v) is 3.74. The second-order valence-electron chi connectivity index (χ2n) is 5.49. The molecule has 0 atom stereocenters. The molecule has 2 aromatic carbocycles. The van der Waals surface area contributed by atoms with Gasteiger partial charge in [0.15, 0.2) is 0 Å². The number of rotatable bonds is 5. The zero-order valence-corrected chi connectivity index (χ0v) is 13.5. The third kappa shape index (κ3) is 4.17. The maximum Gasteiger partial charge on any atom is 0.416 e. The second-order valence-corrected chi connectivity index (χ2v) is 5.49. The summed E-state index contributed by atoms with van der Waals surface area (Å²) in [4.78, 5) is 4.29. The Kier molecular flexibility index (Phi) is 4.74. The fourth-order valence-corrected chi connectivity index (χ4v) is 2.29. The Bertz CT molecular complexity index is 824. The largest absolute Gasteiger partial charge is 0.416 e. The van der Waals surface area contributed by atoms with Crippen molar-refractivity contribution in [3.05, 3.63) is 65.5 Å². The molecule has 130 valence electrons. The molecule has 3 aromatic rings. The standard InChI is InChI=1S/C18H16F3N3O/c1-2-12-3-5-13(6-4-12)17-23-16(25-24-17)11-22-15-9-7-14(8-10-15)18(19,20)21/h3-10,22H,2,11H2,1H3. The summed E-state index contributed by atoms with van der Waals surface area (Å²) >= 11 is 0. The molecule has 1 aromatic heterocycles. The van der Waals surface area contributed by atoms with Crippen molar-refractivity contribution in [1.82, 2.24) is 10.1 Å². The Morgan fingerprint density at radius 2 is 1.68 bits per heavy atom. The summed E-state index contributed by atoms with van der Waals surface area (Å²) < 4.78 is 42.8. The van der Waals surface area contributed by atoms with E-state index in [0.717, 1.165) is 24.1 Å². The van der Waals surface area contributed by atoms with Crippen LogP contribution in [0.15, 0.2) is 53.1 Å². The number of aromatic nitrogens is 2.